The highest BCUT2D eigenvalue weighted by Crippen LogP contribution is 2.18. The Hall–Kier alpha value is -1.59. The zero-order valence-electron chi connectivity index (χ0n) is 10.7. The highest BCUT2D eigenvalue weighted by atomic mass is 35.5. The lowest BCUT2D eigenvalue weighted by atomic mass is 10.0. The minimum absolute atomic E-state index is 0.149. The van der Waals surface area contributed by atoms with Gasteiger partial charge in [0.15, 0.2) is 0 Å². The number of halogens is 1. The van der Waals surface area contributed by atoms with E-state index in [9.17, 15) is 14.7 Å². The molecule has 0 aliphatic carbocycles. The molecule has 0 saturated carbocycles. The SMILES string of the molecule is Cc1c(Cl)cccc1C(=O)NCC(C)(O)CC(=O)O. The zero-order valence-corrected chi connectivity index (χ0v) is 11.5. The predicted octanol–water partition coefficient (Wildman–Crippen LogP) is 1.60. The second kappa shape index (κ2) is 6.04. The summed E-state index contributed by atoms with van der Waals surface area (Å²) < 4.78 is 0. The van der Waals surface area contributed by atoms with Crippen molar-refractivity contribution in [3.8, 4) is 0 Å². The third-order valence-corrected chi connectivity index (χ3v) is 3.08. The van der Waals surface area contributed by atoms with Crippen LogP contribution in [0.5, 0.6) is 0 Å². The molecule has 1 aromatic rings. The Morgan fingerprint density at radius 2 is 2.05 bits per heavy atom. The Kier molecular flexibility index (Phi) is 4.91. The summed E-state index contributed by atoms with van der Waals surface area (Å²) >= 11 is 5.91. The highest BCUT2D eigenvalue weighted by Gasteiger charge is 2.25. The minimum atomic E-state index is -1.49. The summed E-state index contributed by atoms with van der Waals surface area (Å²) in [6.07, 6.45) is -0.443. The van der Waals surface area contributed by atoms with E-state index in [0.29, 0.717) is 16.1 Å². The average molecular weight is 286 g/mol. The fourth-order valence-electron chi connectivity index (χ4n) is 1.61. The third-order valence-electron chi connectivity index (χ3n) is 2.67. The van der Waals surface area contributed by atoms with Gasteiger partial charge in [-0.3, -0.25) is 9.59 Å². The smallest absolute Gasteiger partial charge is 0.306 e. The van der Waals surface area contributed by atoms with Crippen molar-refractivity contribution in [3.63, 3.8) is 0 Å². The van der Waals surface area contributed by atoms with E-state index in [1.165, 1.54) is 6.92 Å². The van der Waals surface area contributed by atoms with E-state index in [1.54, 1.807) is 25.1 Å². The molecule has 0 heterocycles. The summed E-state index contributed by atoms with van der Waals surface area (Å²) in [5.41, 5.74) is -0.452. The third kappa shape index (κ3) is 4.54. The number of aliphatic carboxylic acids is 1. The van der Waals surface area contributed by atoms with E-state index in [4.69, 9.17) is 16.7 Å². The van der Waals surface area contributed by atoms with Gasteiger partial charge in [0.2, 0.25) is 0 Å². The summed E-state index contributed by atoms with van der Waals surface area (Å²) in [7, 11) is 0. The van der Waals surface area contributed by atoms with Gasteiger partial charge < -0.3 is 15.5 Å². The number of carbonyl (C=O) groups is 2. The van der Waals surface area contributed by atoms with Crippen molar-refractivity contribution >= 4 is 23.5 Å². The van der Waals surface area contributed by atoms with E-state index in [-0.39, 0.29) is 6.54 Å². The molecule has 0 spiro atoms. The molecule has 1 atom stereocenters. The fourth-order valence-corrected chi connectivity index (χ4v) is 1.78. The molecule has 5 nitrogen and oxygen atoms in total. The second-order valence-corrected chi connectivity index (χ2v) is 5.07. The summed E-state index contributed by atoms with van der Waals surface area (Å²) in [6.45, 7) is 2.92. The topological polar surface area (TPSA) is 86.6 Å². The average Bonchev–Trinajstić information content (AvgIpc) is 2.28. The normalized spacial score (nSPS) is 13.7. The molecule has 0 bridgehead atoms. The van der Waals surface area contributed by atoms with Crippen molar-refractivity contribution in [2.75, 3.05) is 6.54 Å². The highest BCUT2D eigenvalue weighted by molar-refractivity contribution is 6.31. The number of benzene rings is 1. The zero-order chi connectivity index (χ0) is 14.6. The van der Waals surface area contributed by atoms with Gasteiger partial charge in [-0.2, -0.15) is 0 Å². The van der Waals surface area contributed by atoms with Gasteiger partial charge in [-0.15, -0.1) is 0 Å². The number of amides is 1. The molecule has 1 rings (SSSR count). The number of hydrogen-bond donors (Lipinski definition) is 3. The van der Waals surface area contributed by atoms with Crippen LogP contribution in [0.3, 0.4) is 0 Å². The van der Waals surface area contributed by atoms with E-state index < -0.39 is 23.9 Å². The van der Waals surface area contributed by atoms with E-state index in [2.05, 4.69) is 5.32 Å². The van der Waals surface area contributed by atoms with Crippen molar-refractivity contribution in [1.82, 2.24) is 5.32 Å². The van der Waals surface area contributed by atoms with Crippen LogP contribution in [0.4, 0.5) is 0 Å². The lowest BCUT2D eigenvalue weighted by molar-refractivity contribution is -0.141. The van der Waals surface area contributed by atoms with Crippen LogP contribution in [-0.2, 0) is 4.79 Å². The molecule has 0 aliphatic heterocycles. The maximum atomic E-state index is 11.9. The van der Waals surface area contributed by atoms with Crippen LogP contribution in [0.2, 0.25) is 5.02 Å². The van der Waals surface area contributed by atoms with Crippen LogP contribution in [0.15, 0.2) is 18.2 Å². The molecular formula is C13H16ClNO4. The van der Waals surface area contributed by atoms with E-state index in [1.807, 2.05) is 0 Å². The maximum Gasteiger partial charge on any atom is 0.306 e. The van der Waals surface area contributed by atoms with Crippen LogP contribution >= 0.6 is 11.6 Å². The van der Waals surface area contributed by atoms with Gasteiger partial charge in [-0.05, 0) is 31.5 Å². The van der Waals surface area contributed by atoms with Gasteiger partial charge in [0.05, 0.1) is 12.0 Å². The van der Waals surface area contributed by atoms with E-state index in [0.717, 1.165) is 0 Å². The van der Waals surface area contributed by atoms with Crippen molar-refractivity contribution in [3.05, 3.63) is 34.3 Å². The first-order chi connectivity index (χ1) is 8.73. The Bertz CT molecular complexity index is 499. The Balaban J connectivity index is 2.71. The summed E-state index contributed by atoms with van der Waals surface area (Å²) in [5.74, 6) is -1.52. The number of carboxylic acid groups (broad SMARTS) is 1. The minimum Gasteiger partial charge on any atom is -0.481 e. The molecule has 3 N–H and O–H groups in total. The summed E-state index contributed by atoms with van der Waals surface area (Å²) in [6, 6.07) is 4.94. The number of rotatable bonds is 5. The number of carbonyl (C=O) groups excluding carboxylic acids is 1. The molecule has 1 unspecified atom stereocenters. The molecule has 0 radical (unpaired) electrons. The number of nitrogens with one attached hydrogen (secondary N) is 1. The van der Waals surface area contributed by atoms with Crippen molar-refractivity contribution in [1.29, 1.82) is 0 Å². The number of carboxylic acids is 1. The molecule has 104 valence electrons. The Morgan fingerprint density at radius 1 is 1.42 bits per heavy atom. The summed E-state index contributed by atoms with van der Waals surface area (Å²) in [4.78, 5) is 22.5. The molecule has 19 heavy (non-hydrogen) atoms. The van der Waals surface area contributed by atoms with Crippen molar-refractivity contribution in [2.45, 2.75) is 25.9 Å². The largest absolute Gasteiger partial charge is 0.481 e. The van der Waals surface area contributed by atoms with Gasteiger partial charge >= 0.3 is 5.97 Å². The first-order valence-corrected chi connectivity index (χ1v) is 6.08. The Morgan fingerprint density at radius 3 is 2.63 bits per heavy atom. The molecule has 1 amide bonds. The monoisotopic (exact) mass is 285 g/mol. The molecule has 0 saturated heterocycles. The first-order valence-electron chi connectivity index (χ1n) is 5.70. The summed E-state index contributed by atoms with van der Waals surface area (Å²) in [5, 5.41) is 21.4. The standard InChI is InChI=1S/C13H16ClNO4/c1-8-9(4-3-5-10(8)14)12(18)15-7-13(2,19)6-11(16)17/h3-5,19H,6-7H2,1-2H3,(H,15,18)(H,16,17). The van der Waals surface area contributed by atoms with Gasteiger partial charge in [0.25, 0.3) is 5.91 Å². The molecule has 0 aliphatic rings. The second-order valence-electron chi connectivity index (χ2n) is 4.66. The number of aliphatic hydroxyl groups is 1. The molecule has 0 fully saturated rings. The number of hydrogen-bond acceptors (Lipinski definition) is 3. The van der Waals surface area contributed by atoms with Crippen LogP contribution in [0, 0.1) is 6.92 Å². The van der Waals surface area contributed by atoms with Gasteiger partial charge in [0, 0.05) is 17.1 Å². The van der Waals surface area contributed by atoms with Crippen LogP contribution < -0.4 is 5.32 Å². The van der Waals surface area contributed by atoms with Gasteiger partial charge in [0.1, 0.15) is 0 Å². The van der Waals surface area contributed by atoms with Crippen molar-refractivity contribution < 1.29 is 19.8 Å². The van der Waals surface area contributed by atoms with Gasteiger partial charge in [-0.1, -0.05) is 17.7 Å². The molecule has 6 heteroatoms. The first kappa shape index (κ1) is 15.5. The molecule has 0 aromatic heterocycles. The fraction of sp³-hybridized carbons (Fsp3) is 0.385. The van der Waals surface area contributed by atoms with Crippen molar-refractivity contribution in [2.24, 2.45) is 0 Å². The van der Waals surface area contributed by atoms with Crippen LogP contribution in [0.25, 0.3) is 0 Å². The van der Waals surface area contributed by atoms with Crippen LogP contribution in [0.1, 0.15) is 29.3 Å². The predicted molar refractivity (Wildman–Crippen MR) is 71.4 cm³/mol. The maximum absolute atomic E-state index is 11.9. The quantitative estimate of drug-likeness (QED) is 0.767. The molecule has 1 aromatic carbocycles. The van der Waals surface area contributed by atoms with Gasteiger partial charge in [-0.25, -0.2) is 0 Å². The molecular weight excluding hydrogens is 270 g/mol. The van der Waals surface area contributed by atoms with E-state index >= 15 is 0 Å². The lowest BCUT2D eigenvalue weighted by Crippen LogP contribution is -2.42. The van der Waals surface area contributed by atoms with Crippen LogP contribution in [-0.4, -0.2) is 34.2 Å². The Labute approximate surface area is 116 Å². The lowest BCUT2D eigenvalue weighted by Gasteiger charge is -2.21.